The number of hydrogen-bond acceptors (Lipinski definition) is 3. The van der Waals surface area contributed by atoms with Gasteiger partial charge in [0.2, 0.25) is 5.91 Å². The van der Waals surface area contributed by atoms with Crippen molar-refractivity contribution in [3.63, 3.8) is 0 Å². The van der Waals surface area contributed by atoms with Crippen LogP contribution in [-0.4, -0.2) is 36.6 Å². The third kappa shape index (κ3) is 4.19. The summed E-state index contributed by atoms with van der Waals surface area (Å²) in [5.41, 5.74) is 1.02. The van der Waals surface area contributed by atoms with Gasteiger partial charge in [0, 0.05) is 24.8 Å². The van der Waals surface area contributed by atoms with E-state index in [-0.39, 0.29) is 18.1 Å². The van der Waals surface area contributed by atoms with E-state index < -0.39 is 0 Å². The van der Waals surface area contributed by atoms with Crippen LogP contribution in [0, 0.1) is 0 Å². The summed E-state index contributed by atoms with van der Waals surface area (Å²) in [5.74, 6) is 0.135. The molecule has 0 radical (unpaired) electrons. The van der Waals surface area contributed by atoms with Crippen molar-refractivity contribution in [1.29, 1.82) is 0 Å². The van der Waals surface area contributed by atoms with Crippen molar-refractivity contribution in [2.45, 2.75) is 38.9 Å². The van der Waals surface area contributed by atoms with Crippen LogP contribution in [0.2, 0.25) is 5.02 Å². The van der Waals surface area contributed by atoms with Crippen molar-refractivity contribution in [2.75, 3.05) is 19.8 Å². The second kappa shape index (κ2) is 7.78. The van der Waals surface area contributed by atoms with Crippen LogP contribution in [0.15, 0.2) is 24.3 Å². The molecule has 2 rings (SSSR count). The van der Waals surface area contributed by atoms with Gasteiger partial charge in [-0.05, 0) is 37.5 Å². The second-order valence-electron chi connectivity index (χ2n) is 5.34. The van der Waals surface area contributed by atoms with E-state index >= 15 is 0 Å². The summed E-state index contributed by atoms with van der Waals surface area (Å²) in [7, 11) is 0. The first-order chi connectivity index (χ1) is 10.1. The summed E-state index contributed by atoms with van der Waals surface area (Å²) in [6, 6.07) is 7.50. The number of carbonyl (C=O) groups is 1. The fourth-order valence-corrected chi connectivity index (χ4v) is 2.75. The molecule has 0 bridgehead atoms. The van der Waals surface area contributed by atoms with Gasteiger partial charge in [-0.15, -0.1) is 0 Å². The topological polar surface area (TPSA) is 41.6 Å². The number of hydrogen-bond donors (Lipinski definition) is 1. The average Bonchev–Trinajstić information content (AvgIpc) is 2.75. The lowest BCUT2D eigenvalue weighted by molar-refractivity contribution is -0.130. The fourth-order valence-electron chi connectivity index (χ4n) is 2.55. The minimum Gasteiger partial charge on any atom is -0.381 e. The summed E-state index contributed by atoms with van der Waals surface area (Å²) in [5, 5.41) is 4.01. The number of halogens is 1. The molecule has 1 aliphatic heterocycles. The van der Waals surface area contributed by atoms with Crippen molar-refractivity contribution in [3.8, 4) is 0 Å². The lowest BCUT2D eigenvalue weighted by atomic mass is 10.1. The maximum atomic E-state index is 12.3. The molecule has 1 fully saturated rings. The first-order valence-electron chi connectivity index (χ1n) is 7.53. The molecule has 1 aromatic rings. The molecule has 21 heavy (non-hydrogen) atoms. The van der Waals surface area contributed by atoms with Crippen LogP contribution in [0.5, 0.6) is 0 Å². The largest absolute Gasteiger partial charge is 0.381 e. The Balaban J connectivity index is 2.00. The average molecular weight is 311 g/mol. The molecule has 0 aliphatic carbocycles. The number of benzene rings is 1. The third-order valence-corrected chi connectivity index (χ3v) is 3.81. The molecule has 0 spiro atoms. The summed E-state index contributed by atoms with van der Waals surface area (Å²) in [6.07, 6.45) is 1.77. The van der Waals surface area contributed by atoms with Gasteiger partial charge in [0.25, 0.3) is 0 Å². The van der Waals surface area contributed by atoms with Gasteiger partial charge in [-0.1, -0.05) is 30.7 Å². The highest BCUT2D eigenvalue weighted by molar-refractivity contribution is 6.30. The number of nitrogens with zero attached hydrogens (tertiary/aromatic N) is 1. The van der Waals surface area contributed by atoms with Crippen molar-refractivity contribution in [3.05, 3.63) is 34.9 Å². The Kier molecular flexibility index (Phi) is 6.03. The SMILES string of the molecule is CCCOCCCN1C(=O)C(C)NC1c1cccc(Cl)c1. The molecular weight excluding hydrogens is 288 g/mol. The summed E-state index contributed by atoms with van der Waals surface area (Å²) in [4.78, 5) is 14.2. The Morgan fingerprint density at radius 2 is 2.19 bits per heavy atom. The third-order valence-electron chi connectivity index (χ3n) is 3.57. The lowest BCUT2D eigenvalue weighted by Crippen LogP contribution is -2.32. The molecule has 1 saturated heterocycles. The minimum atomic E-state index is -0.162. The van der Waals surface area contributed by atoms with E-state index in [4.69, 9.17) is 16.3 Å². The zero-order valence-electron chi connectivity index (χ0n) is 12.6. The lowest BCUT2D eigenvalue weighted by Gasteiger charge is -2.24. The van der Waals surface area contributed by atoms with E-state index in [1.165, 1.54) is 0 Å². The van der Waals surface area contributed by atoms with Crippen molar-refractivity contribution >= 4 is 17.5 Å². The predicted molar refractivity (Wildman–Crippen MR) is 84.2 cm³/mol. The van der Waals surface area contributed by atoms with Gasteiger partial charge in [0.1, 0.15) is 6.17 Å². The monoisotopic (exact) mass is 310 g/mol. The van der Waals surface area contributed by atoms with E-state index in [1.807, 2.05) is 36.1 Å². The van der Waals surface area contributed by atoms with E-state index in [2.05, 4.69) is 12.2 Å². The number of carbonyl (C=O) groups excluding carboxylic acids is 1. The van der Waals surface area contributed by atoms with Crippen molar-refractivity contribution < 1.29 is 9.53 Å². The van der Waals surface area contributed by atoms with E-state index in [0.717, 1.165) is 25.0 Å². The molecule has 1 N–H and O–H groups in total. The normalized spacial score (nSPS) is 22.0. The Morgan fingerprint density at radius 3 is 2.90 bits per heavy atom. The molecular formula is C16H23ClN2O2. The molecule has 1 heterocycles. The van der Waals surface area contributed by atoms with Crippen LogP contribution < -0.4 is 5.32 Å². The Morgan fingerprint density at radius 1 is 1.38 bits per heavy atom. The minimum absolute atomic E-state index is 0.0997. The highest BCUT2D eigenvalue weighted by Gasteiger charge is 2.36. The summed E-state index contributed by atoms with van der Waals surface area (Å²) in [6.45, 7) is 6.14. The number of ether oxygens (including phenoxy) is 1. The fraction of sp³-hybridized carbons (Fsp3) is 0.562. The molecule has 5 heteroatoms. The van der Waals surface area contributed by atoms with Crippen LogP contribution in [-0.2, 0) is 9.53 Å². The highest BCUT2D eigenvalue weighted by atomic mass is 35.5. The van der Waals surface area contributed by atoms with Crippen LogP contribution in [0.4, 0.5) is 0 Å². The van der Waals surface area contributed by atoms with E-state index in [9.17, 15) is 4.79 Å². The van der Waals surface area contributed by atoms with Crippen LogP contribution >= 0.6 is 11.6 Å². The standard InChI is InChI=1S/C16H23ClN2O2/c1-3-9-21-10-5-8-19-15(18-12(2)16(19)20)13-6-4-7-14(17)11-13/h4,6-7,11-12,15,18H,3,5,8-10H2,1-2H3. The van der Waals surface area contributed by atoms with Gasteiger partial charge in [-0.2, -0.15) is 0 Å². The summed E-state index contributed by atoms with van der Waals surface area (Å²) < 4.78 is 5.49. The molecule has 0 aromatic heterocycles. The smallest absolute Gasteiger partial charge is 0.241 e. The van der Waals surface area contributed by atoms with Gasteiger partial charge < -0.3 is 9.64 Å². The maximum absolute atomic E-state index is 12.3. The zero-order chi connectivity index (χ0) is 15.2. The number of amides is 1. The number of rotatable bonds is 7. The molecule has 1 aromatic carbocycles. The molecule has 116 valence electrons. The Bertz CT molecular complexity index is 481. The maximum Gasteiger partial charge on any atom is 0.241 e. The quantitative estimate of drug-likeness (QED) is 0.787. The van der Waals surface area contributed by atoms with Gasteiger partial charge in [0.15, 0.2) is 0 Å². The Labute approximate surface area is 131 Å². The zero-order valence-corrected chi connectivity index (χ0v) is 13.4. The molecule has 1 aliphatic rings. The molecule has 2 atom stereocenters. The molecule has 1 amide bonds. The van der Waals surface area contributed by atoms with E-state index in [1.54, 1.807) is 0 Å². The van der Waals surface area contributed by atoms with Crippen LogP contribution in [0.1, 0.15) is 38.4 Å². The number of nitrogens with one attached hydrogen (secondary N) is 1. The van der Waals surface area contributed by atoms with Gasteiger partial charge >= 0.3 is 0 Å². The highest BCUT2D eigenvalue weighted by Crippen LogP contribution is 2.27. The van der Waals surface area contributed by atoms with Gasteiger partial charge in [0.05, 0.1) is 6.04 Å². The first kappa shape index (κ1) is 16.3. The van der Waals surface area contributed by atoms with Gasteiger partial charge in [-0.3, -0.25) is 10.1 Å². The first-order valence-corrected chi connectivity index (χ1v) is 7.91. The van der Waals surface area contributed by atoms with E-state index in [0.29, 0.717) is 18.2 Å². The van der Waals surface area contributed by atoms with Crippen molar-refractivity contribution in [1.82, 2.24) is 10.2 Å². The summed E-state index contributed by atoms with van der Waals surface area (Å²) >= 11 is 6.05. The van der Waals surface area contributed by atoms with Gasteiger partial charge in [-0.25, -0.2) is 0 Å². The predicted octanol–water partition coefficient (Wildman–Crippen LogP) is 2.98. The molecule has 4 nitrogen and oxygen atoms in total. The van der Waals surface area contributed by atoms with Crippen molar-refractivity contribution in [2.24, 2.45) is 0 Å². The molecule has 0 saturated carbocycles. The van der Waals surface area contributed by atoms with Crippen LogP contribution in [0.3, 0.4) is 0 Å². The Hall–Kier alpha value is -1.10. The molecule has 2 unspecified atom stereocenters. The second-order valence-corrected chi connectivity index (χ2v) is 5.78. The van der Waals surface area contributed by atoms with Crippen LogP contribution in [0.25, 0.3) is 0 Å².